The molecule has 1 aromatic carbocycles. The standard InChI is InChI=1S/C21H22N6O4/c1-31-20-14(18(22)28)9-12(10-23-20)25-19(29)21(30)27-8-3-2-7-17(27)13-5-4-6-16-15(13)11-24-26-16/h4-6,9-11,17H,2-3,7-8H2,1H3,(H2,22,28)(H,24,26)(H,25,29)/t17-/m0/s1. The van der Waals surface area contributed by atoms with Gasteiger partial charge in [0.15, 0.2) is 0 Å². The van der Waals surface area contributed by atoms with Gasteiger partial charge in [-0.1, -0.05) is 12.1 Å². The third kappa shape index (κ3) is 3.91. The van der Waals surface area contributed by atoms with Gasteiger partial charge in [-0.2, -0.15) is 5.10 Å². The highest BCUT2D eigenvalue weighted by Gasteiger charge is 2.33. The van der Waals surface area contributed by atoms with Crippen LogP contribution in [0.4, 0.5) is 5.69 Å². The number of carbonyl (C=O) groups excluding carboxylic acids is 3. The maximum absolute atomic E-state index is 13.1. The van der Waals surface area contributed by atoms with Crippen LogP contribution in [0.5, 0.6) is 5.88 Å². The fourth-order valence-corrected chi connectivity index (χ4v) is 3.95. The molecule has 160 valence electrons. The van der Waals surface area contributed by atoms with Gasteiger partial charge in [-0.05, 0) is 37.0 Å². The summed E-state index contributed by atoms with van der Waals surface area (Å²) in [5.41, 5.74) is 7.35. The van der Waals surface area contributed by atoms with E-state index in [9.17, 15) is 14.4 Å². The summed E-state index contributed by atoms with van der Waals surface area (Å²) < 4.78 is 4.99. The molecule has 1 atom stereocenters. The van der Waals surface area contributed by atoms with Crippen molar-refractivity contribution in [2.24, 2.45) is 5.73 Å². The van der Waals surface area contributed by atoms with Gasteiger partial charge >= 0.3 is 11.8 Å². The van der Waals surface area contributed by atoms with Crippen LogP contribution in [0.15, 0.2) is 36.7 Å². The van der Waals surface area contributed by atoms with E-state index < -0.39 is 17.7 Å². The van der Waals surface area contributed by atoms with Crippen LogP contribution in [-0.4, -0.2) is 51.5 Å². The monoisotopic (exact) mass is 422 g/mol. The van der Waals surface area contributed by atoms with Gasteiger partial charge < -0.3 is 20.7 Å². The lowest BCUT2D eigenvalue weighted by atomic mass is 9.93. The van der Waals surface area contributed by atoms with Crippen molar-refractivity contribution in [2.45, 2.75) is 25.3 Å². The molecule has 0 saturated carbocycles. The summed E-state index contributed by atoms with van der Waals surface area (Å²) in [6, 6.07) is 6.88. The highest BCUT2D eigenvalue weighted by molar-refractivity contribution is 6.39. The summed E-state index contributed by atoms with van der Waals surface area (Å²) in [4.78, 5) is 42.9. The molecular formula is C21H22N6O4. The molecule has 1 saturated heterocycles. The van der Waals surface area contributed by atoms with Gasteiger partial charge in [0.25, 0.3) is 5.91 Å². The number of fused-ring (bicyclic) bond motifs is 1. The van der Waals surface area contributed by atoms with Crippen LogP contribution < -0.4 is 15.8 Å². The number of aromatic amines is 1. The number of nitrogens with two attached hydrogens (primary N) is 1. The number of likely N-dealkylation sites (tertiary alicyclic amines) is 1. The van der Waals surface area contributed by atoms with Crippen LogP contribution in [0.1, 0.15) is 41.2 Å². The lowest BCUT2D eigenvalue weighted by Crippen LogP contribution is -2.44. The van der Waals surface area contributed by atoms with E-state index in [1.165, 1.54) is 19.4 Å². The molecule has 0 aliphatic carbocycles. The number of H-pyrrole nitrogens is 1. The molecule has 2 aromatic heterocycles. The van der Waals surface area contributed by atoms with Crippen LogP contribution in [0.3, 0.4) is 0 Å². The number of hydrogen-bond acceptors (Lipinski definition) is 6. The number of primary amides is 1. The number of amides is 3. The lowest BCUT2D eigenvalue weighted by Gasteiger charge is -2.35. The van der Waals surface area contributed by atoms with E-state index in [-0.39, 0.29) is 23.2 Å². The summed E-state index contributed by atoms with van der Waals surface area (Å²) in [5, 5.41) is 10.5. The van der Waals surface area contributed by atoms with Gasteiger partial charge in [-0.25, -0.2) is 4.98 Å². The van der Waals surface area contributed by atoms with E-state index in [1.54, 1.807) is 11.1 Å². The number of aromatic nitrogens is 3. The third-order valence-corrected chi connectivity index (χ3v) is 5.40. The Morgan fingerprint density at radius 3 is 2.87 bits per heavy atom. The average molecular weight is 422 g/mol. The van der Waals surface area contributed by atoms with Crippen molar-refractivity contribution in [3.05, 3.63) is 47.8 Å². The second-order valence-electron chi connectivity index (χ2n) is 7.29. The van der Waals surface area contributed by atoms with Gasteiger partial charge in [-0.15, -0.1) is 0 Å². The number of pyridine rings is 1. The van der Waals surface area contributed by atoms with Crippen LogP contribution in [0, 0.1) is 0 Å². The Hall–Kier alpha value is -3.95. The predicted octanol–water partition coefficient (Wildman–Crippen LogP) is 1.76. The quantitative estimate of drug-likeness (QED) is 0.547. The van der Waals surface area contributed by atoms with Crippen molar-refractivity contribution in [1.82, 2.24) is 20.1 Å². The molecule has 4 N–H and O–H groups in total. The van der Waals surface area contributed by atoms with Crippen molar-refractivity contribution >= 4 is 34.3 Å². The molecule has 3 amide bonds. The van der Waals surface area contributed by atoms with E-state index in [0.29, 0.717) is 6.54 Å². The fraction of sp³-hybridized carbons (Fsp3) is 0.286. The first-order valence-electron chi connectivity index (χ1n) is 9.87. The molecule has 0 radical (unpaired) electrons. The summed E-state index contributed by atoms with van der Waals surface area (Å²) in [6.45, 7) is 0.471. The lowest BCUT2D eigenvalue weighted by molar-refractivity contribution is -0.145. The summed E-state index contributed by atoms with van der Waals surface area (Å²) in [7, 11) is 1.35. The molecule has 1 fully saturated rings. The number of nitrogens with one attached hydrogen (secondary N) is 2. The maximum atomic E-state index is 13.1. The molecular weight excluding hydrogens is 400 g/mol. The number of rotatable bonds is 4. The molecule has 10 heteroatoms. The molecule has 0 bridgehead atoms. The van der Waals surface area contributed by atoms with Gasteiger partial charge in [0.1, 0.15) is 5.56 Å². The Morgan fingerprint density at radius 2 is 2.10 bits per heavy atom. The average Bonchev–Trinajstić information content (AvgIpc) is 3.27. The van der Waals surface area contributed by atoms with E-state index >= 15 is 0 Å². The van der Waals surface area contributed by atoms with E-state index in [4.69, 9.17) is 10.5 Å². The number of benzene rings is 1. The zero-order valence-electron chi connectivity index (χ0n) is 16.9. The highest BCUT2D eigenvalue weighted by Crippen LogP contribution is 2.34. The molecule has 0 unspecified atom stereocenters. The zero-order valence-corrected chi connectivity index (χ0v) is 16.9. The normalized spacial score (nSPS) is 16.2. The minimum atomic E-state index is -0.811. The minimum absolute atomic E-state index is 0.00948. The van der Waals surface area contributed by atoms with Gasteiger partial charge in [-0.3, -0.25) is 19.5 Å². The Morgan fingerprint density at radius 1 is 1.26 bits per heavy atom. The van der Waals surface area contributed by atoms with Crippen LogP contribution in [0.25, 0.3) is 10.9 Å². The predicted molar refractivity (Wildman–Crippen MR) is 112 cm³/mol. The Bertz CT molecular complexity index is 1160. The Balaban J connectivity index is 1.57. The Labute approximate surface area is 177 Å². The third-order valence-electron chi connectivity index (χ3n) is 5.40. The topological polar surface area (TPSA) is 143 Å². The molecule has 10 nitrogen and oxygen atoms in total. The first kappa shape index (κ1) is 20.3. The largest absolute Gasteiger partial charge is 0.480 e. The molecule has 3 aromatic rings. The van der Waals surface area contributed by atoms with Crippen molar-refractivity contribution in [1.29, 1.82) is 0 Å². The fourth-order valence-electron chi connectivity index (χ4n) is 3.95. The number of anilines is 1. The number of carbonyl (C=O) groups is 3. The van der Waals surface area contributed by atoms with Crippen LogP contribution in [0.2, 0.25) is 0 Å². The molecule has 31 heavy (non-hydrogen) atoms. The first-order valence-corrected chi connectivity index (χ1v) is 9.87. The number of hydrogen-bond donors (Lipinski definition) is 3. The second-order valence-corrected chi connectivity index (χ2v) is 7.29. The maximum Gasteiger partial charge on any atom is 0.313 e. The molecule has 4 rings (SSSR count). The van der Waals surface area contributed by atoms with Crippen LogP contribution >= 0.6 is 0 Å². The SMILES string of the molecule is COc1ncc(NC(=O)C(=O)N2CCCC[C@H]2c2cccc3[nH]ncc23)cc1C(N)=O. The summed E-state index contributed by atoms with van der Waals surface area (Å²) >= 11 is 0. The molecule has 0 spiro atoms. The molecule has 1 aliphatic heterocycles. The smallest absolute Gasteiger partial charge is 0.313 e. The van der Waals surface area contributed by atoms with Gasteiger partial charge in [0.05, 0.1) is 36.7 Å². The van der Waals surface area contributed by atoms with Crippen molar-refractivity contribution in [3.63, 3.8) is 0 Å². The van der Waals surface area contributed by atoms with Gasteiger partial charge in [0.2, 0.25) is 5.88 Å². The summed E-state index contributed by atoms with van der Waals surface area (Å²) in [5.74, 6) is -2.17. The second kappa shape index (κ2) is 8.42. The molecule has 3 heterocycles. The van der Waals surface area contributed by atoms with Crippen molar-refractivity contribution in [2.75, 3.05) is 19.0 Å². The van der Waals surface area contributed by atoms with Crippen molar-refractivity contribution < 1.29 is 19.1 Å². The zero-order chi connectivity index (χ0) is 22.0. The summed E-state index contributed by atoms with van der Waals surface area (Å²) in [6.07, 6.45) is 5.55. The van der Waals surface area contributed by atoms with E-state index in [0.717, 1.165) is 35.7 Å². The number of nitrogens with zero attached hydrogens (tertiary/aromatic N) is 3. The highest BCUT2D eigenvalue weighted by atomic mass is 16.5. The number of ether oxygens (including phenoxy) is 1. The minimum Gasteiger partial charge on any atom is -0.480 e. The van der Waals surface area contributed by atoms with Gasteiger partial charge in [0, 0.05) is 11.9 Å². The van der Waals surface area contributed by atoms with Crippen LogP contribution in [-0.2, 0) is 9.59 Å². The van der Waals surface area contributed by atoms with E-state index in [1.807, 2.05) is 18.2 Å². The Kier molecular flexibility index (Phi) is 5.52. The van der Waals surface area contributed by atoms with Crippen molar-refractivity contribution in [3.8, 4) is 5.88 Å². The molecule has 1 aliphatic rings. The number of methoxy groups -OCH3 is 1. The number of piperidine rings is 1. The first-order chi connectivity index (χ1) is 15.0. The van der Waals surface area contributed by atoms with E-state index in [2.05, 4.69) is 20.5 Å².